The Hall–Kier alpha value is -0.590. The van der Waals surface area contributed by atoms with Crippen LogP contribution in [0.3, 0.4) is 0 Å². The average Bonchev–Trinajstić information content (AvgIpc) is 2.14. The Morgan fingerprint density at radius 1 is 1.50 bits per heavy atom. The van der Waals surface area contributed by atoms with Crippen LogP contribution in [0.5, 0.6) is 0 Å². The van der Waals surface area contributed by atoms with Crippen LogP contribution in [0.4, 0.5) is 0 Å². The first-order valence-corrected chi connectivity index (χ1v) is 7.39. The van der Waals surface area contributed by atoms with Gasteiger partial charge < -0.3 is 4.74 Å². The number of carbonyl (C=O) groups is 1. The molecule has 0 saturated heterocycles. The summed E-state index contributed by atoms with van der Waals surface area (Å²) in [6.45, 7) is 0. The van der Waals surface area contributed by atoms with Crippen LogP contribution in [-0.4, -0.2) is 21.5 Å². The largest absolute Gasteiger partial charge is 0.465 e. The van der Waals surface area contributed by atoms with Gasteiger partial charge in [-0.05, 0) is 33.6 Å². The average molecular weight is 328 g/mol. The van der Waals surface area contributed by atoms with E-state index in [1.54, 1.807) is 0 Å². The van der Waals surface area contributed by atoms with Crippen molar-refractivity contribution in [3.63, 3.8) is 0 Å². The van der Waals surface area contributed by atoms with Gasteiger partial charge in [0.1, 0.15) is 0 Å². The van der Waals surface area contributed by atoms with Gasteiger partial charge in [0.05, 0.1) is 18.4 Å². The van der Waals surface area contributed by atoms with E-state index < -0.39 is 15.0 Å². The molecule has 0 bridgehead atoms. The minimum atomic E-state index is -3.60. The van der Waals surface area contributed by atoms with Gasteiger partial charge in [-0.25, -0.2) is 13.2 Å². The van der Waals surface area contributed by atoms with E-state index in [1.165, 1.54) is 25.3 Å². The van der Waals surface area contributed by atoms with E-state index in [0.717, 1.165) is 0 Å². The highest BCUT2D eigenvalue weighted by atomic mass is 79.9. The van der Waals surface area contributed by atoms with Crippen LogP contribution >= 0.6 is 26.6 Å². The summed E-state index contributed by atoms with van der Waals surface area (Å²) in [5.74, 6) is -0.777. The van der Waals surface area contributed by atoms with E-state index in [0.29, 0.717) is 15.6 Å². The van der Waals surface area contributed by atoms with E-state index in [9.17, 15) is 13.2 Å². The zero-order valence-corrected chi connectivity index (χ0v) is 11.4. The maximum Gasteiger partial charge on any atom is 0.338 e. The second-order valence-electron chi connectivity index (χ2n) is 2.99. The van der Waals surface area contributed by atoms with Crippen LogP contribution < -0.4 is 0 Å². The summed E-state index contributed by atoms with van der Waals surface area (Å²) in [7, 11) is 2.79. The van der Waals surface area contributed by atoms with Crippen molar-refractivity contribution in [2.45, 2.75) is 5.75 Å². The summed E-state index contributed by atoms with van der Waals surface area (Å²) in [4.78, 5) is 11.2. The lowest BCUT2D eigenvalue weighted by atomic mass is 10.1. The van der Waals surface area contributed by atoms with E-state index in [-0.39, 0.29) is 5.75 Å². The highest BCUT2D eigenvalue weighted by Gasteiger charge is 2.13. The fourth-order valence-corrected chi connectivity index (χ4v) is 2.67. The molecule has 0 amide bonds. The van der Waals surface area contributed by atoms with Crippen molar-refractivity contribution in [3.05, 3.63) is 33.8 Å². The van der Waals surface area contributed by atoms with Crippen molar-refractivity contribution in [2.75, 3.05) is 7.11 Å². The van der Waals surface area contributed by atoms with Gasteiger partial charge in [-0.15, -0.1) is 0 Å². The van der Waals surface area contributed by atoms with Crippen molar-refractivity contribution < 1.29 is 17.9 Å². The lowest BCUT2D eigenvalue weighted by Gasteiger charge is -2.04. The van der Waals surface area contributed by atoms with Gasteiger partial charge in [-0.1, -0.05) is 6.07 Å². The molecular weight excluding hydrogens is 320 g/mol. The summed E-state index contributed by atoms with van der Waals surface area (Å²) >= 11 is 3.16. The number of hydrogen-bond acceptors (Lipinski definition) is 4. The van der Waals surface area contributed by atoms with Crippen LogP contribution in [0.2, 0.25) is 0 Å². The lowest BCUT2D eigenvalue weighted by molar-refractivity contribution is 0.0599. The molecule has 0 aliphatic carbocycles. The molecule has 0 unspecified atom stereocenters. The quantitative estimate of drug-likeness (QED) is 0.631. The first kappa shape index (κ1) is 13.5. The van der Waals surface area contributed by atoms with Gasteiger partial charge in [0, 0.05) is 15.2 Å². The predicted molar refractivity (Wildman–Crippen MR) is 64.0 cm³/mol. The number of ether oxygens (including phenoxy) is 1. The molecule has 16 heavy (non-hydrogen) atoms. The minimum absolute atomic E-state index is 0.283. The van der Waals surface area contributed by atoms with Gasteiger partial charge in [-0.3, -0.25) is 0 Å². The Balaban J connectivity index is 3.05. The van der Waals surface area contributed by atoms with Gasteiger partial charge in [0.15, 0.2) is 0 Å². The molecule has 0 aromatic heterocycles. The summed E-state index contributed by atoms with van der Waals surface area (Å²) in [6, 6.07) is 4.51. The Kier molecular flexibility index (Phi) is 4.35. The molecule has 7 heteroatoms. The maximum atomic E-state index is 11.2. The second kappa shape index (κ2) is 5.16. The zero-order valence-electron chi connectivity index (χ0n) is 8.24. The SMILES string of the molecule is COC(=O)c1ccc(CS(=O)(=O)Cl)cc1Br. The fraction of sp³-hybridized carbons (Fsp3) is 0.222. The normalized spacial score (nSPS) is 11.2. The van der Waals surface area contributed by atoms with Gasteiger partial charge in [0.25, 0.3) is 0 Å². The summed E-state index contributed by atoms with van der Waals surface area (Å²) < 4.78 is 26.7. The van der Waals surface area contributed by atoms with Crippen molar-refractivity contribution in [3.8, 4) is 0 Å². The van der Waals surface area contributed by atoms with Gasteiger partial charge >= 0.3 is 5.97 Å². The molecule has 0 aliphatic rings. The number of methoxy groups -OCH3 is 1. The summed E-state index contributed by atoms with van der Waals surface area (Å²) in [5.41, 5.74) is 0.827. The Morgan fingerprint density at radius 2 is 2.12 bits per heavy atom. The zero-order chi connectivity index (χ0) is 12.3. The molecule has 0 saturated carbocycles. The number of carbonyl (C=O) groups excluding carboxylic acids is 1. The molecule has 1 aromatic rings. The Bertz CT molecular complexity index is 512. The molecule has 0 radical (unpaired) electrons. The predicted octanol–water partition coefficient (Wildman–Crippen LogP) is 2.30. The number of rotatable bonds is 3. The Labute approximate surface area is 106 Å². The summed E-state index contributed by atoms with van der Waals surface area (Å²) in [5, 5.41) is 0. The van der Waals surface area contributed by atoms with Crippen LogP contribution in [-0.2, 0) is 19.5 Å². The van der Waals surface area contributed by atoms with Crippen LogP contribution in [0.1, 0.15) is 15.9 Å². The number of esters is 1. The van der Waals surface area contributed by atoms with E-state index in [2.05, 4.69) is 20.7 Å². The summed E-state index contributed by atoms with van der Waals surface area (Å²) in [6.07, 6.45) is 0. The molecule has 0 heterocycles. The Morgan fingerprint density at radius 3 is 2.56 bits per heavy atom. The molecule has 0 N–H and O–H groups in total. The molecule has 0 aliphatic heterocycles. The van der Waals surface area contributed by atoms with Crippen molar-refractivity contribution in [1.82, 2.24) is 0 Å². The van der Waals surface area contributed by atoms with Crippen molar-refractivity contribution >= 4 is 41.6 Å². The van der Waals surface area contributed by atoms with Crippen LogP contribution in [0.25, 0.3) is 0 Å². The van der Waals surface area contributed by atoms with Crippen LogP contribution in [0.15, 0.2) is 22.7 Å². The van der Waals surface area contributed by atoms with Crippen LogP contribution in [0, 0.1) is 0 Å². The highest BCUT2D eigenvalue weighted by Crippen LogP contribution is 2.21. The van der Waals surface area contributed by atoms with E-state index >= 15 is 0 Å². The number of benzene rings is 1. The van der Waals surface area contributed by atoms with Crippen molar-refractivity contribution in [2.24, 2.45) is 0 Å². The molecule has 0 atom stereocenters. The van der Waals surface area contributed by atoms with E-state index in [4.69, 9.17) is 10.7 Å². The van der Waals surface area contributed by atoms with Gasteiger partial charge in [0.2, 0.25) is 9.05 Å². The monoisotopic (exact) mass is 326 g/mol. The minimum Gasteiger partial charge on any atom is -0.465 e. The third-order valence-corrected chi connectivity index (χ3v) is 3.44. The topological polar surface area (TPSA) is 60.4 Å². The molecule has 4 nitrogen and oxygen atoms in total. The highest BCUT2D eigenvalue weighted by molar-refractivity contribution is 9.10. The first-order valence-electron chi connectivity index (χ1n) is 4.12. The van der Waals surface area contributed by atoms with Crippen molar-refractivity contribution in [1.29, 1.82) is 0 Å². The molecular formula is C9H8BrClO4S. The standard InChI is InChI=1S/C9H8BrClO4S/c1-15-9(12)7-3-2-6(4-8(7)10)5-16(11,13)14/h2-4H,5H2,1H3. The molecule has 88 valence electrons. The first-order chi connectivity index (χ1) is 7.33. The third kappa shape index (κ3) is 3.77. The molecule has 0 spiro atoms. The maximum absolute atomic E-state index is 11.2. The fourth-order valence-electron chi connectivity index (χ4n) is 1.12. The third-order valence-electron chi connectivity index (χ3n) is 1.78. The molecule has 1 rings (SSSR count). The lowest BCUT2D eigenvalue weighted by Crippen LogP contribution is -2.03. The smallest absolute Gasteiger partial charge is 0.338 e. The van der Waals surface area contributed by atoms with Gasteiger partial charge in [-0.2, -0.15) is 0 Å². The molecule has 0 fully saturated rings. The van der Waals surface area contributed by atoms with E-state index in [1.807, 2.05) is 0 Å². The molecule has 1 aromatic carbocycles. The number of halogens is 2. The second-order valence-corrected chi connectivity index (χ2v) is 6.62. The number of hydrogen-bond donors (Lipinski definition) is 0.